The summed E-state index contributed by atoms with van der Waals surface area (Å²) in [7, 11) is 2.26. The van der Waals surface area contributed by atoms with E-state index in [1.54, 1.807) is 6.92 Å². The zero-order valence-electron chi connectivity index (χ0n) is 19.4. The van der Waals surface area contributed by atoms with Gasteiger partial charge < -0.3 is 19.1 Å². The number of hydrogen-bond acceptors (Lipinski definition) is 12. The van der Waals surface area contributed by atoms with Gasteiger partial charge in [0.05, 0.1) is 42.2 Å². The second kappa shape index (κ2) is 9.56. The maximum absolute atomic E-state index is 13.2. The van der Waals surface area contributed by atoms with E-state index in [0.29, 0.717) is 5.56 Å². The molecule has 0 aliphatic carbocycles. The fraction of sp³-hybridized carbons (Fsp3) is 0.429. The van der Waals surface area contributed by atoms with Gasteiger partial charge in [0.15, 0.2) is 5.69 Å². The van der Waals surface area contributed by atoms with Crippen LogP contribution < -0.4 is 0 Å². The molecule has 3 heterocycles. The van der Waals surface area contributed by atoms with E-state index in [-0.39, 0.29) is 47.9 Å². The number of non-ortho nitro benzene ring substituents is 1. The van der Waals surface area contributed by atoms with Crippen LogP contribution in [0.25, 0.3) is 0 Å². The van der Waals surface area contributed by atoms with E-state index < -0.39 is 33.6 Å². The Morgan fingerprint density at radius 1 is 1.19 bits per heavy atom. The fourth-order valence-electron chi connectivity index (χ4n) is 4.17. The summed E-state index contributed by atoms with van der Waals surface area (Å²) in [5.74, 6) is -2.67. The number of esters is 3. The van der Waals surface area contributed by atoms with E-state index in [1.807, 2.05) is 0 Å². The van der Waals surface area contributed by atoms with E-state index in [0.717, 1.165) is 18.9 Å². The molecule has 2 saturated heterocycles. The Labute approximate surface area is 208 Å². The van der Waals surface area contributed by atoms with Gasteiger partial charge in [0.1, 0.15) is 12.6 Å². The molecule has 1 amide bonds. The Kier molecular flexibility index (Phi) is 6.67. The Balaban J connectivity index is 1.58. The number of fused-ring (bicyclic) bond motifs is 1. The molecule has 1 aromatic carbocycles. The minimum atomic E-state index is -1.02. The molecule has 0 saturated carbocycles. The number of nitro groups is 1. The molecule has 0 N–H and O–H groups in total. The molecule has 2 aromatic rings. The first kappa shape index (κ1) is 25.1. The summed E-state index contributed by atoms with van der Waals surface area (Å²) >= 11 is 1.35. The smallest absolute Gasteiger partial charge is 0.361 e. The largest absolute Gasteiger partial charge is 0.464 e. The van der Waals surface area contributed by atoms with Crippen molar-refractivity contribution < 1.29 is 38.3 Å². The first-order valence-corrected chi connectivity index (χ1v) is 11.5. The highest BCUT2D eigenvalue weighted by Gasteiger charge is 2.61. The summed E-state index contributed by atoms with van der Waals surface area (Å²) in [5.41, 5.74) is -0.156. The molecule has 2 fully saturated rings. The lowest BCUT2D eigenvalue weighted by atomic mass is 9.96. The normalized spacial score (nSPS) is 22.4. The number of thioether (sulfide) groups is 1. The third kappa shape index (κ3) is 4.36. The number of rotatable bonds is 8. The molecule has 190 valence electrons. The zero-order valence-corrected chi connectivity index (χ0v) is 20.2. The number of amides is 1. The van der Waals surface area contributed by atoms with Crippen molar-refractivity contribution in [1.82, 2.24) is 19.9 Å². The predicted molar refractivity (Wildman–Crippen MR) is 121 cm³/mol. The molecule has 4 rings (SSSR count). The number of benzene rings is 1. The number of carbonyl (C=O) groups is 4. The van der Waals surface area contributed by atoms with Crippen molar-refractivity contribution >= 4 is 41.3 Å². The second-order valence-corrected chi connectivity index (χ2v) is 9.96. The lowest BCUT2D eigenvalue weighted by Crippen LogP contribution is -2.58. The molecule has 36 heavy (non-hydrogen) atoms. The van der Waals surface area contributed by atoms with E-state index in [9.17, 15) is 29.3 Å². The first-order valence-electron chi connectivity index (χ1n) is 10.6. The number of nitro benzene ring substituents is 1. The molecule has 15 heteroatoms. The number of carbonyl (C=O) groups excluding carboxylic acids is 4. The lowest BCUT2D eigenvalue weighted by molar-refractivity contribution is -0.384. The van der Waals surface area contributed by atoms with Crippen molar-refractivity contribution in [2.24, 2.45) is 0 Å². The maximum atomic E-state index is 13.2. The molecule has 1 aromatic heterocycles. The second-order valence-electron chi connectivity index (χ2n) is 8.25. The summed E-state index contributed by atoms with van der Waals surface area (Å²) in [5, 5.41) is 18.2. The van der Waals surface area contributed by atoms with Crippen molar-refractivity contribution in [3.05, 3.63) is 51.3 Å². The highest BCUT2D eigenvalue weighted by molar-refractivity contribution is 8.01. The van der Waals surface area contributed by atoms with Gasteiger partial charge in [0.25, 0.3) is 5.69 Å². The van der Waals surface area contributed by atoms with Crippen molar-refractivity contribution in [1.29, 1.82) is 0 Å². The summed E-state index contributed by atoms with van der Waals surface area (Å²) < 4.78 is 15.1. The van der Waals surface area contributed by atoms with Crippen LogP contribution in [0.15, 0.2) is 24.3 Å². The Morgan fingerprint density at radius 3 is 2.44 bits per heavy atom. The van der Waals surface area contributed by atoms with Crippen LogP contribution in [0.2, 0.25) is 0 Å². The SMILES string of the molecule is COC(=O)c1nnn(C[C@]2(C)S[C@H]3CC(=O)N3[C@H]2C(=O)OCc2ccc([N+](=O)[O-])cc2)c1C(=O)OC. The average molecular weight is 519 g/mol. The van der Waals surface area contributed by atoms with E-state index in [2.05, 4.69) is 15.0 Å². The van der Waals surface area contributed by atoms with Crippen LogP contribution in [-0.2, 0) is 37.0 Å². The van der Waals surface area contributed by atoms with Gasteiger partial charge in [-0.15, -0.1) is 16.9 Å². The van der Waals surface area contributed by atoms with Crippen LogP contribution in [0.4, 0.5) is 5.69 Å². The zero-order chi connectivity index (χ0) is 26.2. The van der Waals surface area contributed by atoms with Crippen LogP contribution in [0.5, 0.6) is 0 Å². The van der Waals surface area contributed by atoms with Gasteiger partial charge in [-0.2, -0.15) is 0 Å². The minimum absolute atomic E-state index is 0.0797. The Morgan fingerprint density at radius 2 is 1.86 bits per heavy atom. The maximum Gasteiger partial charge on any atom is 0.361 e. The number of β-lactam (4-membered cyclic amide) rings is 1. The fourth-order valence-corrected chi connectivity index (χ4v) is 5.90. The average Bonchev–Trinajstić information content (AvgIpc) is 3.37. The summed E-state index contributed by atoms with van der Waals surface area (Å²) in [6.07, 6.45) is 0.237. The van der Waals surface area contributed by atoms with Gasteiger partial charge in [-0.3, -0.25) is 14.9 Å². The highest BCUT2D eigenvalue weighted by Crippen LogP contribution is 2.52. The van der Waals surface area contributed by atoms with Crippen LogP contribution >= 0.6 is 11.8 Å². The van der Waals surface area contributed by atoms with Crippen molar-refractivity contribution in [2.75, 3.05) is 14.2 Å². The van der Waals surface area contributed by atoms with Crippen LogP contribution in [0.1, 0.15) is 39.9 Å². The quantitative estimate of drug-likeness (QED) is 0.159. The van der Waals surface area contributed by atoms with Crippen LogP contribution in [0.3, 0.4) is 0 Å². The number of aromatic nitrogens is 3. The molecule has 0 radical (unpaired) electrons. The van der Waals surface area contributed by atoms with Gasteiger partial charge in [0.2, 0.25) is 11.6 Å². The van der Waals surface area contributed by atoms with Gasteiger partial charge >= 0.3 is 17.9 Å². The molecule has 0 spiro atoms. The standard InChI is InChI=1S/C21H21N5O9S/c1-21(10-24-16(19(29)34-3)15(22-23-24)18(28)33-2)17(25-13(27)8-14(25)36-21)20(30)35-9-11-4-6-12(7-5-11)26(31)32/h4-7,14,17H,8-10H2,1-3H3/t14-,17-,21-/m0/s1. The Bertz CT molecular complexity index is 1250. The van der Waals surface area contributed by atoms with Gasteiger partial charge in [-0.1, -0.05) is 5.21 Å². The Hall–Kier alpha value is -4.01. The predicted octanol–water partition coefficient (Wildman–Crippen LogP) is 0.935. The molecule has 0 unspecified atom stereocenters. The van der Waals surface area contributed by atoms with E-state index in [1.165, 1.54) is 40.9 Å². The van der Waals surface area contributed by atoms with Crippen molar-refractivity contribution in [2.45, 2.75) is 42.7 Å². The third-order valence-electron chi connectivity index (χ3n) is 5.92. The number of ether oxygens (including phenoxy) is 3. The van der Waals surface area contributed by atoms with Crippen LogP contribution in [0, 0.1) is 10.1 Å². The molecular weight excluding hydrogens is 498 g/mol. The molecular formula is C21H21N5O9S. The molecule has 14 nitrogen and oxygen atoms in total. The number of hydrogen-bond donors (Lipinski definition) is 0. The molecule has 2 aliphatic heterocycles. The summed E-state index contributed by atoms with van der Waals surface area (Å²) in [6.45, 7) is 1.48. The van der Waals surface area contributed by atoms with Crippen molar-refractivity contribution in [3.8, 4) is 0 Å². The molecule has 2 aliphatic rings. The number of methoxy groups -OCH3 is 2. The summed E-state index contributed by atoms with van der Waals surface area (Å²) in [4.78, 5) is 61.8. The van der Waals surface area contributed by atoms with Crippen molar-refractivity contribution in [3.63, 3.8) is 0 Å². The van der Waals surface area contributed by atoms with Crippen LogP contribution in [-0.4, -0.2) is 79.0 Å². The minimum Gasteiger partial charge on any atom is -0.464 e. The third-order valence-corrected chi connectivity index (χ3v) is 7.47. The first-order chi connectivity index (χ1) is 17.1. The topological polar surface area (TPSA) is 173 Å². The summed E-state index contributed by atoms with van der Waals surface area (Å²) in [6, 6.07) is 4.51. The van der Waals surface area contributed by atoms with Gasteiger partial charge in [-0.05, 0) is 24.6 Å². The monoisotopic (exact) mass is 519 g/mol. The van der Waals surface area contributed by atoms with E-state index >= 15 is 0 Å². The van der Waals surface area contributed by atoms with Gasteiger partial charge in [-0.25, -0.2) is 19.1 Å². The molecule has 0 bridgehead atoms. The lowest BCUT2D eigenvalue weighted by Gasteiger charge is -2.37. The number of nitrogens with zero attached hydrogens (tertiary/aromatic N) is 5. The van der Waals surface area contributed by atoms with Gasteiger partial charge in [0, 0.05) is 12.1 Å². The van der Waals surface area contributed by atoms with E-state index in [4.69, 9.17) is 9.47 Å². The molecule has 3 atom stereocenters. The highest BCUT2D eigenvalue weighted by atomic mass is 32.2.